The lowest BCUT2D eigenvalue weighted by Gasteiger charge is -2.22. The molecule has 0 aliphatic heterocycles. The summed E-state index contributed by atoms with van der Waals surface area (Å²) in [5, 5.41) is 7.03. The summed E-state index contributed by atoms with van der Waals surface area (Å²) in [5.41, 5.74) is 6.71. The fourth-order valence-electron chi connectivity index (χ4n) is 2.76. The SMILES string of the molecule is Cc1ccc(-c2noc(N)c2C(=O)NC2CCCCC2)s1. The maximum atomic E-state index is 12.5. The highest BCUT2D eigenvalue weighted by Gasteiger charge is 2.25. The first kappa shape index (κ1) is 14.1. The molecular formula is C15H19N3O2S. The van der Waals surface area contributed by atoms with Gasteiger partial charge < -0.3 is 15.6 Å². The van der Waals surface area contributed by atoms with Crippen molar-refractivity contribution in [1.29, 1.82) is 0 Å². The molecule has 3 rings (SSSR count). The molecule has 0 saturated heterocycles. The predicted octanol–water partition coefficient (Wildman–Crippen LogP) is 3.36. The molecule has 6 heteroatoms. The van der Waals surface area contributed by atoms with Crippen molar-refractivity contribution in [3.63, 3.8) is 0 Å². The van der Waals surface area contributed by atoms with Crippen LogP contribution in [0.25, 0.3) is 10.6 Å². The van der Waals surface area contributed by atoms with Crippen molar-refractivity contribution in [2.24, 2.45) is 0 Å². The second-order valence-corrected chi connectivity index (χ2v) is 6.78. The van der Waals surface area contributed by atoms with Gasteiger partial charge in [0.1, 0.15) is 11.3 Å². The van der Waals surface area contributed by atoms with Crippen molar-refractivity contribution < 1.29 is 9.32 Å². The highest BCUT2D eigenvalue weighted by atomic mass is 32.1. The maximum absolute atomic E-state index is 12.5. The number of amides is 1. The van der Waals surface area contributed by atoms with E-state index in [4.69, 9.17) is 10.3 Å². The molecule has 1 saturated carbocycles. The fraction of sp³-hybridized carbons (Fsp3) is 0.467. The van der Waals surface area contributed by atoms with Crippen molar-refractivity contribution in [3.05, 3.63) is 22.6 Å². The molecular weight excluding hydrogens is 286 g/mol. The number of aryl methyl sites for hydroxylation is 1. The van der Waals surface area contributed by atoms with Crippen LogP contribution in [-0.2, 0) is 0 Å². The maximum Gasteiger partial charge on any atom is 0.259 e. The smallest absolute Gasteiger partial charge is 0.259 e. The first-order valence-corrected chi connectivity index (χ1v) is 8.09. The normalized spacial score (nSPS) is 16.0. The molecule has 1 aliphatic rings. The number of nitrogens with one attached hydrogen (secondary N) is 1. The summed E-state index contributed by atoms with van der Waals surface area (Å²) in [4.78, 5) is 14.6. The predicted molar refractivity (Wildman–Crippen MR) is 83.3 cm³/mol. The Balaban J connectivity index is 1.84. The largest absolute Gasteiger partial charge is 0.367 e. The van der Waals surface area contributed by atoms with E-state index in [1.54, 1.807) is 11.3 Å². The average Bonchev–Trinajstić information content (AvgIpc) is 3.06. The van der Waals surface area contributed by atoms with E-state index < -0.39 is 0 Å². The minimum Gasteiger partial charge on any atom is -0.367 e. The number of aromatic nitrogens is 1. The van der Waals surface area contributed by atoms with E-state index in [-0.39, 0.29) is 17.8 Å². The van der Waals surface area contributed by atoms with Crippen LogP contribution in [0.5, 0.6) is 0 Å². The molecule has 2 aromatic rings. The summed E-state index contributed by atoms with van der Waals surface area (Å²) in [6.45, 7) is 2.01. The Hall–Kier alpha value is -1.82. The Bertz CT molecular complexity index is 641. The van der Waals surface area contributed by atoms with Crippen LogP contribution in [0.3, 0.4) is 0 Å². The summed E-state index contributed by atoms with van der Waals surface area (Å²) in [6, 6.07) is 4.17. The molecule has 0 atom stereocenters. The first-order chi connectivity index (χ1) is 10.1. The van der Waals surface area contributed by atoms with Crippen LogP contribution in [0, 0.1) is 6.92 Å². The monoisotopic (exact) mass is 305 g/mol. The van der Waals surface area contributed by atoms with Gasteiger partial charge in [-0.15, -0.1) is 11.3 Å². The van der Waals surface area contributed by atoms with Crippen LogP contribution in [0.2, 0.25) is 0 Å². The molecule has 2 heterocycles. The van der Waals surface area contributed by atoms with E-state index in [2.05, 4.69) is 10.5 Å². The summed E-state index contributed by atoms with van der Waals surface area (Å²) in [7, 11) is 0. The number of hydrogen-bond donors (Lipinski definition) is 2. The average molecular weight is 305 g/mol. The number of carbonyl (C=O) groups is 1. The molecule has 5 nitrogen and oxygen atoms in total. The molecule has 0 radical (unpaired) electrons. The second kappa shape index (κ2) is 5.89. The number of nitrogens with zero attached hydrogens (tertiary/aromatic N) is 1. The van der Waals surface area contributed by atoms with Gasteiger partial charge in [-0.25, -0.2) is 0 Å². The van der Waals surface area contributed by atoms with Gasteiger partial charge >= 0.3 is 0 Å². The summed E-state index contributed by atoms with van der Waals surface area (Å²) in [5.74, 6) is -0.0916. The lowest BCUT2D eigenvalue weighted by Crippen LogP contribution is -2.36. The minimum atomic E-state index is -0.179. The van der Waals surface area contributed by atoms with E-state index in [0.717, 1.165) is 22.6 Å². The van der Waals surface area contributed by atoms with E-state index >= 15 is 0 Å². The van der Waals surface area contributed by atoms with Crippen LogP contribution in [0.1, 0.15) is 47.3 Å². The van der Waals surface area contributed by atoms with Gasteiger partial charge in [-0.05, 0) is 31.9 Å². The summed E-state index contributed by atoms with van der Waals surface area (Å²) >= 11 is 1.57. The molecule has 3 N–H and O–H groups in total. The molecule has 2 aromatic heterocycles. The number of nitrogens with two attached hydrogens (primary N) is 1. The lowest BCUT2D eigenvalue weighted by atomic mass is 9.95. The standard InChI is InChI=1S/C15H19N3O2S/c1-9-7-8-11(21-9)13-12(14(16)20-18-13)15(19)17-10-5-3-2-4-6-10/h7-8,10H,2-6,16H2,1H3,(H,17,19). The zero-order valence-electron chi connectivity index (χ0n) is 12.0. The zero-order valence-corrected chi connectivity index (χ0v) is 12.8. The van der Waals surface area contributed by atoms with Crippen LogP contribution in [0.4, 0.5) is 5.88 Å². The second-order valence-electron chi connectivity index (χ2n) is 5.49. The van der Waals surface area contributed by atoms with E-state index in [9.17, 15) is 4.79 Å². The Morgan fingerprint density at radius 2 is 2.14 bits per heavy atom. The highest BCUT2D eigenvalue weighted by Crippen LogP contribution is 2.32. The molecule has 0 spiro atoms. The number of carbonyl (C=O) groups excluding carboxylic acids is 1. The third-order valence-corrected chi connectivity index (χ3v) is 4.87. The van der Waals surface area contributed by atoms with Gasteiger partial charge in [-0.2, -0.15) is 0 Å². The van der Waals surface area contributed by atoms with Gasteiger partial charge in [0.15, 0.2) is 0 Å². The fourth-order valence-corrected chi connectivity index (χ4v) is 3.61. The Labute approximate surface area is 127 Å². The summed E-state index contributed by atoms with van der Waals surface area (Å²) < 4.78 is 5.04. The van der Waals surface area contributed by atoms with E-state index in [1.807, 2.05) is 19.1 Å². The molecule has 0 aromatic carbocycles. The third kappa shape index (κ3) is 2.95. The van der Waals surface area contributed by atoms with Crippen LogP contribution in [0.15, 0.2) is 16.7 Å². The topological polar surface area (TPSA) is 81.2 Å². The molecule has 0 unspecified atom stereocenters. The van der Waals surface area contributed by atoms with Crippen molar-refractivity contribution in [1.82, 2.24) is 10.5 Å². The Morgan fingerprint density at radius 1 is 1.38 bits per heavy atom. The summed E-state index contributed by atoms with van der Waals surface area (Å²) in [6.07, 6.45) is 5.65. The molecule has 21 heavy (non-hydrogen) atoms. The van der Waals surface area contributed by atoms with Gasteiger partial charge in [-0.1, -0.05) is 24.4 Å². The number of nitrogen functional groups attached to an aromatic ring is 1. The lowest BCUT2D eigenvalue weighted by molar-refractivity contribution is 0.0929. The molecule has 1 fully saturated rings. The Kier molecular flexibility index (Phi) is 3.96. The van der Waals surface area contributed by atoms with Gasteiger partial charge in [0.05, 0.1) is 4.88 Å². The van der Waals surface area contributed by atoms with E-state index in [1.165, 1.54) is 19.3 Å². The first-order valence-electron chi connectivity index (χ1n) is 7.28. The highest BCUT2D eigenvalue weighted by molar-refractivity contribution is 7.15. The van der Waals surface area contributed by atoms with Gasteiger partial charge in [0.25, 0.3) is 5.91 Å². The number of anilines is 1. The molecule has 112 valence electrons. The van der Waals surface area contributed by atoms with Crippen molar-refractivity contribution in [3.8, 4) is 10.6 Å². The van der Waals surface area contributed by atoms with Gasteiger partial charge in [0.2, 0.25) is 5.88 Å². The van der Waals surface area contributed by atoms with Crippen LogP contribution < -0.4 is 11.1 Å². The Morgan fingerprint density at radius 3 is 2.81 bits per heavy atom. The van der Waals surface area contributed by atoms with Gasteiger partial charge in [-0.3, -0.25) is 4.79 Å². The van der Waals surface area contributed by atoms with Crippen LogP contribution >= 0.6 is 11.3 Å². The molecule has 0 bridgehead atoms. The molecule has 1 amide bonds. The van der Waals surface area contributed by atoms with Crippen LogP contribution in [-0.4, -0.2) is 17.1 Å². The third-order valence-electron chi connectivity index (χ3n) is 3.86. The van der Waals surface area contributed by atoms with E-state index in [0.29, 0.717) is 11.3 Å². The number of thiophene rings is 1. The molecule has 1 aliphatic carbocycles. The minimum absolute atomic E-state index is 0.0874. The zero-order chi connectivity index (χ0) is 14.8. The van der Waals surface area contributed by atoms with Crippen molar-refractivity contribution in [2.75, 3.05) is 5.73 Å². The number of rotatable bonds is 3. The van der Waals surface area contributed by atoms with Crippen molar-refractivity contribution in [2.45, 2.75) is 45.1 Å². The van der Waals surface area contributed by atoms with Crippen molar-refractivity contribution >= 4 is 23.1 Å². The van der Waals surface area contributed by atoms with Gasteiger partial charge in [0, 0.05) is 10.9 Å². The number of hydrogen-bond acceptors (Lipinski definition) is 5. The quantitative estimate of drug-likeness (QED) is 0.911.